The van der Waals surface area contributed by atoms with Crippen molar-refractivity contribution in [1.29, 1.82) is 0 Å². The van der Waals surface area contributed by atoms with Gasteiger partial charge in [0.2, 0.25) is 0 Å². The van der Waals surface area contributed by atoms with Gasteiger partial charge in [-0.05, 0) is 6.54 Å². The summed E-state index contributed by atoms with van der Waals surface area (Å²) in [6.07, 6.45) is -3.88. The molecule has 2 N–H and O–H groups in total. The Morgan fingerprint density at radius 1 is 1.26 bits per heavy atom. The summed E-state index contributed by atoms with van der Waals surface area (Å²) in [5.74, 6) is -0.358. The van der Waals surface area contributed by atoms with Gasteiger partial charge in [0.1, 0.15) is 10.7 Å². The molecule has 0 aliphatic heterocycles. The zero-order valence-corrected chi connectivity index (χ0v) is 14.4. The highest BCUT2D eigenvalue weighted by molar-refractivity contribution is 7.10. The Bertz CT molecular complexity index is 659. The van der Waals surface area contributed by atoms with Crippen molar-refractivity contribution in [2.24, 2.45) is 5.73 Å². The van der Waals surface area contributed by atoms with E-state index in [9.17, 15) is 18.0 Å². The summed E-state index contributed by atoms with van der Waals surface area (Å²) in [5, 5.41) is 3.54. The first kappa shape index (κ1) is 19.8. The Morgan fingerprint density at radius 2 is 1.91 bits per heavy atom. The lowest BCUT2D eigenvalue weighted by Crippen LogP contribution is -2.26. The molecule has 0 saturated carbocycles. The van der Waals surface area contributed by atoms with Crippen LogP contribution in [-0.4, -0.2) is 34.4 Å². The molecule has 128 valence electrons. The van der Waals surface area contributed by atoms with Gasteiger partial charge in [-0.3, -0.25) is 4.79 Å². The Hall–Kier alpha value is -1.23. The second kappa shape index (κ2) is 8.04. The molecule has 0 saturated heterocycles. The number of nitrogens with two attached hydrogens (primary N) is 1. The van der Waals surface area contributed by atoms with Crippen molar-refractivity contribution in [3.63, 3.8) is 0 Å². The fourth-order valence-corrected chi connectivity index (χ4v) is 3.27. The first-order chi connectivity index (χ1) is 10.3. The van der Waals surface area contributed by atoms with Crippen molar-refractivity contribution in [2.75, 3.05) is 13.6 Å². The summed E-state index contributed by atoms with van der Waals surface area (Å²) in [7, 11) is 1.50. The van der Waals surface area contributed by atoms with Crippen molar-refractivity contribution in [1.82, 2.24) is 14.9 Å². The van der Waals surface area contributed by atoms with Crippen molar-refractivity contribution in [3.8, 4) is 0 Å². The molecular weight excluding hydrogens is 373 g/mol. The normalized spacial score (nSPS) is 11.2. The molecule has 0 aliphatic rings. The molecule has 2 aromatic heterocycles. The molecule has 1 amide bonds. The Morgan fingerprint density at radius 3 is 2.48 bits per heavy atom. The maximum atomic E-state index is 12.5. The first-order valence-electron chi connectivity index (χ1n) is 6.22. The fourth-order valence-electron chi connectivity index (χ4n) is 1.63. The average Bonchev–Trinajstić information content (AvgIpc) is 3.07. The topological polar surface area (TPSA) is 72.1 Å². The lowest BCUT2D eigenvalue weighted by atomic mass is 10.4. The smallest absolute Gasteiger partial charge is 0.334 e. The minimum Gasteiger partial charge on any atom is -0.334 e. The van der Waals surface area contributed by atoms with E-state index in [1.165, 1.54) is 23.3 Å². The molecular formula is C12H14ClF3N4OS2. The maximum Gasteiger partial charge on any atom is 0.434 e. The van der Waals surface area contributed by atoms with E-state index in [0.29, 0.717) is 13.0 Å². The maximum absolute atomic E-state index is 12.5. The van der Waals surface area contributed by atoms with Crippen molar-refractivity contribution in [2.45, 2.75) is 19.1 Å². The molecule has 0 aliphatic carbocycles. The highest BCUT2D eigenvalue weighted by Gasteiger charge is 2.33. The first-order valence-corrected chi connectivity index (χ1v) is 7.98. The summed E-state index contributed by atoms with van der Waals surface area (Å²) in [6, 6.07) is 0. The minimum atomic E-state index is -4.47. The van der Waals surface area contributed by atoms with Gasteiger partial charge in [-0.2, -0.15) is 13.2 Å². The van der Waals surface area contributed by atoms with Gasteiger partial charge in [-0.15, -0.1) is 35.1 Å². The number of thiazole rings is 2. The minimum absolute atomic E-state index is 0. The van der Waals surface area contributed by atoms with Crippen LogP contribution >= 0.6 is 35.1 Å². The highest BCUT2D eigenvalue weighted by Crippen LogP contribution is 2.30. The van der Waals surface area contributed by atoms with Gasteiger partial charge < -0.3 is 10.6 Å². The lowest BCUT2D eigenvalue weighted by Gasteiger charge is -2.13. The van der Waals surface area contributed by atoms with Crippen LogP contribution in [0.4, 0.5) is 13.2 Å². The standard InChI is InChI=1S/C12H13F3N4OS2.ClH/c1-19(4-10-18-8(6-22-10)12(13,14)15)11(20)7-5-21-9(17-7)2-3-16;/h5-6H,2-4,16H2,1H3;1H. The van der Waals surface area contributed by atoms with Crippen molar-refractivity contribution >= 4 is 41.0 Å². The number of nitrogens with zero attached hydrogens (tertiary/aromatic N) is 3. The lowest BCUT2D eigenvalue weighted by molar-refractivity contribution is -0.140. The van der Waals surface area contributed by atoms with Crippen LogP contribution in [0.15, 0.2) is 10.8 Å². The SMILES string of the molecule is CN(Cc1nc(C(F)(F)F)cs1)C(=O)c1csc(CCN)n1.Cl. The Labute approximate surface area is 144 Å². The number of carbonyl (C=O) groups is 1. The summed E-state index contributed by atoms with van der Waals surface area (Å²) < 4.78 is 37.4. The van der Waals surface area contributed by atoms with Crippen molar-refractivity contribution < 1.29 is 18.0 Å². The zero-order chi connectivity index (χ0) is 16.3. The van der Waals surface area contributed by atoms with E-state index in [2.05, 4.69) is 9.97 Å². The molecule has 0 radical (unpaired) electrons. The van der Waals surface area contributed by atoms with Crippen LogP contribution in [0.1, 0.15) is 26.2 Å². The number of amides is 1. The molecule has 2 rings (SSSR count). The van der Waals surface area contributed by atoms with E-state index in [-0.39, 0.29) is 35.6 Å². The van der Waals surface area contributed by atoms with Crippen molar-refractivity contribution in [3.05, 3.63) is 32.2 Å². The van der Waals surface area contributed by atoms with Crippen LogP contribution in [0.25, 0.3) is 0 Å². The third kappa shape index (κ3) is 5.13. The molecule has 0 unspecified atom stereocenters. The van der Waals surface area contributed by atoms with E-state index in [0.717, 1.165) is 21.7 Å². The summed E-state index contributed by atoms with van der Waals surface area (Å²) in [5.41, 5.74) is 4.75. The van der Waals surface area contributed by atoms with Crippen LogP contribution in [-0.2, 0) is 19.1 Å². The van der Waals surface area contributed by atoms with E-state index in [1.54, 1.807) is 5.38 Å². The average molecular weight is 387 g/mol. The molecule has 0 fully saturated rings. The molecule has 23 heavy (non-hydrogen) atoms. The molecule has 11 heteroatoms. The molecule has 0 bridgehead atoms. The number of hydrogen-bond acceptors (Lipinski definition) is 6. The van der Waals surface area contributed by atoms with Gasteiger partial charge in [0.25, 0.3) is 5.91 Å². The predicted molar refractivity (Wildman–Crippen MR) is 85.0 cm³/mol. The van der Waals surface area contributed by atoms with Gasteiger partial charge in [-0.1, -0.05) is 0 Å². The number of rotatable bonds is 5. The van der Waals surface area contributed by atoms with Crippen LogP contribution in [0.2, 0.25) is 0 Å². The van der Waals surface area contributed by atoms with Gasteiger partial charge in [0.05, 0.1) is 11.6 Å². The van der Waals surface area contributed by atoms with Crippen LogP contribution in [0.3, 0.4) is 0 Å². The second-order valence-corrected chi connectivity index (χ2v) is 6.34. The molecule has 2 heterocycles. The molecule has 2 aromatic rings. The second-order valence-electron chi connectivity index (χ2n) is 4.45. The third-order valence-corrected chi connectivity index (χ3v) is 4.43. The molecule has 0 spiro atoms. The molecule has 0 aromatic carbocycles. The van der Waals surface area contributed by atoms with E-state index >= 15 is 0 Å². The number of carbonyl (C=O) groups excluding carboxylic acids is 1. The van der Waals surface area contributed by atoms with E-state index in [4.69, 9.17) is 5.73 Å². The summed E-state index contributed by atoms with van der Waals surface area (Å²) in [6.45, 7) is 0.444. The van der Waals surface area contributed by atoms with Gasteiger partial charge in [-0.25, -0.2) is 9.97 Å². The number of alkyl halides is 3. The van der Waals surface area contributed by atoms with Crippen LogP contribution in [0, 0.1) is 0 Å². The van der Waals surface area contributed by atoms with E-state index < -0.39 is 11.9 Å². The molecule has 0 atom stereocenters. The predicted octanol–water partition coefficient (Wildman–Crippen LogP) is 2.81. The largest absolute Gasteiger partial charge is 0.434 e. The fraction of sp³-hybridized carbons (Fsp3) is 0.417. The Balaban J connectivity index is 0.00000264. The Kier molecular flexibility index (Phi) is 6.93. The number of hydrogen-bond donors (Lipinski definition) is 1. The summed E-state index contributed by atoms with van der Waals surface area (Å²) in [4.78, 5) is 21.1. The van der Waals surface area contributed by atoms with Gasteiger partial charge in [0.15, 0.2) is 5.69 Å². The highest BCUT2D eigenvalue weighted by atomic mass is 35.5. The number of aromatic nitrogens is 2. The number of halogens is 4. The van der Waals surface area contributed by atoms with Gasteiger partial charge >= 0.3 is 6.18 Å². The van der Waals surface area contributed by atoms with E-state index in [1.807, 2.05) is 0 Å². The van der Waals surface area contributed by atoms with Crippen LogP contribution < -0.4 is 5.73 Å². The summed E-state index contributed by atoms with van der Waals surface area (Å²) >= 11 is 2.20. The molecule has 5 nitrogen and oxygen atoms in total. The quantitative estimate of drug-likeness (QED) is 0.857. The third-order valence-electron chi connectivity index (χ3n) is 2.69. The monoisotopic (exact) mass is 386 g/mol. The van der Waals surface area contributed by atoms with Gasteiger partial charge in [0, 0.05) is 24.2 Å². The zero-order valence-electron chi connectivity index (χ0n) is 12.0. The van der Waals surface area contributed by atoms with Crippen LogP contribution in [0.5, 0.6) is 0 Å².